The van der Waals surface area contributed by atoms with E-state index in [1.54, 1.807) is 0 Å². The summed E-state index contributed by atoms with van der Waals surface area (Å²) in [5.74, 6) is 1.38. The summed E-state index contributed by atoms with van der Waals surface area (Å²) in [4.78, 5) is 11.3. The van der Waals surface area contributed by atoms with Crippen molar-refractivity contribution in [1.29, 1.82) is 5.41 Å². The van der Waals surface area contributed by atoms with Gasteiger partial charge < -0.3 is 30.7 Å². The summed E-state index contributed by atoms with van der Waals surface area (Å²) >= 11 is 0. The lowest BCUT2D eigenvalue weighted by Crippen LogP contribution is -2.38. The van der Waals surface area contributed by atoms with Gasteiger partial charge in [0, 0.05) is 67.5 Å². The second kappa shape index (κ2) is 46.7. The van der Waals surface area contributed by atoms with Gasteiger partial charge in [0.2, 0.25) is 0 Å². The van der Waals surface area contributed by atoms with Crippen LogP contribution in [0, 0.1) is 22.7 Å². The fraction of sp³-hybridized carbons (Fsp3) is 0.587. The lowest BCUT2D eigenvalue weighted by atomic mass is 9.84. The molecule has 2 aliphatic heterocycles. The molecule has 2 heterocycles. The minimum atomic E-state index is 0.218. The fourth-order valence-corrected chi connectivity index (χ4v) is 6.86. The number of hydrogen-bond donors (Lipinski definition) is 3. The Balaban J connectivity index is -0.000000280. The SMILES string of the molecule is C=C.C=C.C=C(C)N(C)CC.C=C(NC(CC=N)C1=CCCC=C1)C1CCN(CC)CC1.C=CN1CCCC1C(=C)NC(C)c1ccc(/C(C)=C(\C)N=CC)cc1.CC.CC.CC.CC(C)C(C)(C)C. The van der Waals surface area contributed by atoms with E-state index in [1.807, 2.05) is 81.8 Å². The summed E-state index contributed by atoms with van der Waals surface area (Å²) in [6.45, 7) is 71.8. The highest BCUT2D eigenvalue weighted by atomic mass is 15.2. The van der Waals surface area contributed by atoms with Crippen molar-refractivity contribution in [3.63, 3.8) is 0 Å². The van der Waals surface area contributed by atoms with E-state index >= 15 is 0 Å². The third-order valence-electron chi connectivity index (χ3n) is 12.6. The Bertz CT molecular complexity index is 1610. The molecule has 3 unspecified atom stereocenters. The molecule has 3 aliphatic rings. The van der Waals surface area contributed by atoms with Crippen LogP contribution in [0.5, 0.6) is 0 Å². The summed E-state index contributed by atoms with van der Waals surface area (Å²) in [6, 6.07) is 9.53. The second-order valence-electron chi connectivity index (χ2n) is 18.0. The predicted molar refractivity (Wildman–Crippen MR) is 324 cm³/mol. The van der Waals surface area contributed by atoms with Gasteiger partial charge in [-0.25, -0.2) is 0 Å². The highest BCUT2D eigenvalue weighted by molar-refractivity contribution is 5.69. The molecule has 0 saturated carbocycles. The standard InChI is InChI=1S/C22H31N3.C18H29N3.C7H16.C6H13N.3C2H6.2C2H4/c1-7-23-17(4)16(3)20-11-13-21(14-12-20)18(5)24-19(6)22-10-9-15-25(22)8-2;1-3-21-13-10-16(11-14-21)15(2)20-18(9-12-19)17-7-5-4-6-8-17;1-6(2)7(3,4)5;1-5-7(4)6(2)3;5*1-2/h7-8,11-14,18,22,24H,2,6,9-10,15H2,1,3-5H3;5,7-8,12,16,18-20H,2-4,6,9-11,13-14H2,1H3;6H,1-5H3;2,5H2,1,3-4H3;3*1-2H3;2*1-2H2/b17-16+,23-7?;;;;;;;;. The van der Waals surface area contributed by atoms with E-state index in [-0.39, 0.29) is 12.1 Å². The molecule has 1 aromatic rings. The number of piperidine rings is 1. The van der Waals surface area contributed by atoms with Crippen LogP contribution in [0.4, 0.5) is 0 Å². The molecule has 7 heteroatoms. The number of nitrogens with zero attached hydrogens (tertiary/aromatic N) is 4. The van der Waals surface area contributed by atoms with Crippen LogP contribution in [0.25, 0.3) is 5.57 Å². The molecule has 402 valence electrons. The average Bonchev–Trinajstić information content (AvgIpc) is 3.89. The molecule has 0 radical (unpaired) electrons. The van der Waals surface area contributed by atoms with E-state index in [9.17, 15) is 0 Å². The maximum atomic E-state index is 7.44. The first-order valence-electron chi connectivity index (χ1n) is 26.8. The molecule has 7 nitrogen and oxygen atoms in total. The summed E-state index contributed by atoms with van der Waals surface area (Å²) in [7, 11) is 2.03. The van der Waals surface area contributed by atoms with Gasteiger partial charge in [-0.2, -0.15) is 0 Å². The van der Waals surface area contributed by atoms with Crippen LogP contribution in [0.15, 0.2) is 135 Å². The molecule has 1 aliphatic carbocycles. The Labute approximate surface area is 437 Å². The highest BCUT2D eigenvalue weighted by Gasteiger charge is 2.25. The van der Waals surface area contributed by atoms with Crippen molar-refractivity contribution in [2.24, 2.45) is 22.2 Å². The molecular weight excluding hydrogens is 855 g/mol. The van der Waals surface area contributed by atoms with E-state index in [1.165, 1.54) is 60.8 Å². The zero-order valence-corrected chi connectivity index (χ0v) is 49.6. The quantitative estimate of drug-likeness (QED) is 0.114. The Morgan fingerprint density at radius 3 is 1.76 bits per heavy atom. The van der Waals surface area contributed by atoms with E-state index in [0.29, 0.717) is 17.4 Å². The van der Waals surface area contributed by atoms with Gasteiger partial charge in [0.15, 0.2) is 0 Å². The summed E-state index contributed by atoms with van der Waals surface area (Å²) in [5.41, 5.74) is 9.93. The second-order valence-corrected chi connectivity index (χ2v) is 18.0. The Morgan fingerprint density at radius 2 is 1.37 bits per heavy atom. The van der Waals surface area contributed by atoms with Crippen molar-refractivity contribution in [2.45, 2.75) is 188 Å². The van der Waals surface area contributed by atoms with E-state index in [0.717, 1.165) is 74.0 Å². The van der Waals surface area contributed by atoms with Crippen molar-refractivity contribution in [2.75, 3.05) is 39.8 Å². The molecule has 0 amide bonds. The third-order valence-corrected chi connectivity index (χ3v) is 12.6. The van der Waals surface area contributed by atoms with Crippen LogP contribution in [0.2, 0.25) is 0 Å². The molecule has 70 heavy (non-hydrogen) atoms. The smallest absolute Gasteiger partial charge is 0.0677 e. The molecule has 0 bridgehead atoms. The lowest BCUT2D eigenvalue weighted by molar-refractivity contribution is 0.204. The zero-order chi connectivity index (χ0) is 55.4. The van der Waals surface area contributed by atoms with Gasteiger partial charge in [-0.1, -0.05) is 152 Å². The summed E-state index contributed by atoms with van der Waals surface area (Å²) < 4.78 is 0. The first kappa shape index (κ1) is 74.3. The first-order chi connectivity index (χ1) is 33.3. The molecule has 2 saturated heterocycles. The zero-order valence-electron chi connectivity index (χ0n) is 49.6. The van der Waals surface area contributed by atoms with Crippen LogP contribution in [0.1, 0.15) is 187 Å². The van der Waals surface area contributed by atoms with Crippen molar-refractivity contribution in [1.82, 2.24) is 25.3 Å². The van der Waals surface area contributed by atoms with Gasteiger partial charge in [0.1, 0.15) is 0 Å². The molecule has 3 N–H and O–H groups in total. The van der Waals surface area contributed by atoms with Gasteiger partial charge in [-0.15, -0.1) is 26.3 Å². The number of hydrogen-bond acceptors (Lipinski definition) is 7. The maximum Gasteiger partial charge on any atom is 0.0677 e. The number of aliphatic imine (C=N–C) groups is 1. The molecule has 1 aromatic carbocycles. The number of likely N-dealkylation sites (tertiary alicyclic amines) is 2. The van der Waals surface area contributed by atoms with Crippen LogP contribution in [-0.2, 0) is 0 Å². The third kappa shape index (κ3) is 32.3. The first-order valence-corrected chi connectivity index (χ1v) is 26.8. The van der Waals surface area contributed by atoms with Crippen LogP contribution >= 0.6 is 0 Å². The van der Waals surface area contributed by atoms with E-state index in [2.05, 4.69) is 188 Å². The van der Waals surface area contributed by atoms with Crippen molar-refractivity contribution >= 4 is 18.0 Å². The number of allylic oxidation sites excluding steroid dienone is 6. The van der Waals surface area contributed by atoms with Crippen LogP contribution < -0.4 is 10.6 Å². The van der Waals surface area contributed by atoms with Gasteiger partial charge in [-0.05, 0) is 146 Å². The normalized spacial score (nSPS) is 16.0. The van der Waals surface area contributed by atoms with Gasteiger partial charge >= 0.3 is 0 Å². The van der Waals surface area contributed by atoms with Crippen molar-refractivity contribution < 1.29 is 0 Å². The molecule has 4 rings (SSSR count). The minimum Gasteiger partial charge on any atom is -0.381 e. The predicted octanol–water partition coefficient (Wildman–Crippen LogP) is 17.6. The van der Waals surface area contributed by atoms with E-state index in [4.69, 9.17) is 5.41 Å². The van der Waals surface area contributed by atoms with Crippen LogP contribution in [0.3, 0.4) is 0 Å². The molecule has 0 spiro atoms. The lowest BCUT2D eigenvalue weighted by Gasteiger charge is -2.34. The van der Waals surface area contributed by atoms with Gasteiger partial charge in [-0.3, -0.25) is 4.99 Å². The number of rotatable bonds is 16. The summed E-state index contributed by atoms with van der Waals surface area (Å²) in [5, 5.41) is 14.6. The Kier molecular flexibility index (Phi) is 49.6. The van der Waals surface area contributed by atoms with Gasteiger partial charge in [0.05, 0.1) is 12.1 Å². The fourth-order valence-electron chi connectivity index (χ4n) is 6.86. The van der Waals surface area contributed by atoms with E-state index < -0.39 is 0 Å². The largest absolute Gasteiger partial charge is 0.381 e. The van der Waals surface area contributed by atoms with Crippen molar-refractivity contribution in [3.05, 3.63) is 141 Å². The van der Waals surface area contributed by atoms with Crippen molar-refractivity contribution in [3.8, 4) is 0 Å². The Morgan fingerprint density at radius 1 is 0.843 bits per heavy atom. The number of nitrogens with one attached hydrogen (secondary N) is 3. The monoisotopic (exact) mass is 970 g/mol. The molecular formula is C63H115N7. The Hall–Kier alpha value is -4.62. The minimum absolute atomic E-state index is 0.218. The maximum absolute atomic E-state index is 7.44. The topological polar surface area (TPSA) is 70.0 Å². The van der Waals surface area contributed by atoms with Gasteiger partial charge in [0.25, 0.3) is 0 Å². The molecule has 2 fully saturated rings. The summed E-state index contributed by atoms with van der Waals surface area (Å²) in [6.07, 6.45) is 19.7. The molecule has 0 aromatic heterocycles. The number of benzene rings is 1. The average molecular weight is 971 g/mol. The van der Waals surface area contributed by atoms with Crippen LogP contribution in [-0.4, -0.2) is 79.0 Å². The highest BCUT2D eigenvalue weighted by Crippen LogP contribution is 2.27. The molecule has 3 atom stereocenters.